The van der Waals surface area contributed by atoms with Crippen molar-refractivity contribution < 1.29 is 9.53 Å². The molecule has 0 saturated carbocycles. The first kappa shape index (κ1) is 16.3. The number of carbonyl (C=O) groups is 1. The third-order valence-electron chi connectivity index (χ3n) is 3.10. The third kappa shape index (κ3) is 3.19. The lowest BCUT2D eigenvalue weighted by Crippen LogP contribution is -2.14. The van der Waals surface area contributed by atoms with Crippen LogP contribution in [-0.4, -0.2) is 43.4 Å². The Labute approximate surface area is 145 Å². The Hall–Kier alpha value is -2.59. The maximum absolute atomic E-state index is 12.5. The number of tetrazole rings is 1. The molecule has 3 rings (SSSR count). The molecule has 2 aromatic heterocycles. The molecule has 0 atom stereocenters. The van der Waals surface area contributed by atoms with Crippen LogP contribution >= 0.6 is 22.9 Å². The maximum Gasteiger partial charge on any atom is 0.261 e. The summed E-state index contributed by atoms with van der Waals surface area (Å²) in [5.41, 5.74) is 0.770. The average molecular weight is 366 g/mol. The van der Waals surface area contributed by atoms with Crippen LogP contribution in [0.5, 0.6) is 5.75 Å². The molecule has 0 saturated heterocycles. The maximum atomic E-state index is 12.5. The summed E-state index contributed by atoms with van der Waals surface area (Å²) in [6.07, 6.45) is 2.15. The van der Waals surface area contributed by atoms with Crippen molar-refractivity contribution >= 4 is 34.0 Å². The first-order valence-corrected chi connectivity index (χ1v) is 8.06. The van der Waals surface area contributed by atoms with Gasteiger partial charge in [-0.2, -0.15) is 4.68 Å². The van der Waals surface area contributed by atoms with E-state index in [9.17, 15) is 4.79 Å². The Morgan fingerprint density at radius 2 is 2.25 bits per heavy atom. The number of hydrogen-bond acceptors (Lipinski definition) is 8. The summed E-state index contributed by atoms with van der Waals surface area (Å²) >= 11 is 7.56. The minimum atomic E-state index is -0.393. The molecule has 0 radical (unpaired) electrons. The fraction of sp³-hybridized carbons (Fsp3) is 0.231. The summed E-state index contributed by atoms with van der Waals surface area (Å²) in [4.78, 5) is 12.5. The summed E-state index contributed by atoms with van der Waals surface area (Å²) in [5.74, 6) is -0.0570. The van der Waals surface area contributed by atoms with Crippen LogP contribution in [-0.2, 0) is 6.42 Å². The standard InChI is InChI=1S/C13H12ClN7O2S/c1-3-11-17-18-13(24-11)16-12(22)7-4-8(14)9(5-10(7)23-2)21-6-15-19-20-21/h4-6H,3H2,1-2H3,(H,16,18,22). The molecule has 124 valence electrons. The van der Waals surface area contributed by atoms with Crippen molar-refractivity contribution in [1.82, 2.24) is 30.4 Å². The van der Waals surface area contributed by atoms with Crippen LogP contribution in [0.3, 0.4) is 0 Å². The highest BCUT2D eigenvalue weighted by atomic mass is 35.5. The molecule has 0 spiro atoms. The molecule has 0 aliphatic rings. The zero-order valence-corrected chi connectivity index (χ0v) is 14.3. The smallest absolute Gasteiger partial charge is 0.261 e. The van der Waals surface area contributed by atoms with Crippen LogP contribution in [0.1, 0.15) is 22.3 Å². The van der Waals surface area contributed by atoms with E-state index in [1.54, 1.807) is 6.07 Å². The molecule has 24 heavy (non-hydrogen) atoms. The summed E-state index contributed by atoms with van der Waals surface area (Å²) < 4.78 is 6.67. The lowest BCUT2D eigenvalue weighted by molar-refractivity contribution is 0.102. The quantitative estimate of drug-likeness (QED) is 0.736. The van der Waals surface area contributed by atoms with Crippen LogP contribution in [0.4, 0.5) is 5.13 Å². The topological polar surface area (TPSA) is 108 Å². The van der Waals surface area contributed by atoms with E-state index < -0.39 is 5.91 Å². The highest BCUT2D eigenvalue weighted by Crippen LogP contribution is 2.30. The van der Waals surface area contributed by atoms with E-state index in [4.69, 9.17) is 16.3 Å². The Morgan fingerprint density at radius 3 is 2.88 bits per heavy atom. The van der Waals surface area contributed by atoms with Gasteiger partial charge < -0.3 is 4.74 Å². The molecule has 0 aliphatic heterocycles. The van der Waals surface area contributed by atoms with E-state index in [2.05, 4.69) is 31.0 Å². The van der Waals surface area contributed by atoms with Gasteiger partial charge in [-0.25, -0.2) is 0 Å². The monoisotopic (exact) mass is 365 g/mol. The van der Waals surface area contributed by atoms with Gasteiger partial charge in [0, 0.05) is 6.07 Å². The van der Waals surface area contributed by atoms with Gasteiger partial charge in [0.15, 0.2) is 0 Å². The van der Waals surface area contributed by atoms with Crippen molar-refractivity contribution in [2.75, 3.05) is 12.4 Å². The predicted octanol–water partition coefficient (Wildman–Crippen LogP) is 1.99. The lowest BCUT2D eigenvalue weighted by Gasteiger charge is -2.11. The molecule has 9 nitrogen and oxygen atoms in total. The number of anilines is 1. The highest BCUT2D eigenvalue weighted by molar-refractivity contribution is 7.15. The van der Waals surface area contributed by atoms with Gasteiger partial charge in [0.1, 0.15) is 17.1 Å². The molecule has 1 N–H and O–H groups in total. The molecule has 0 bridgehead atoms. The van der Waals surface area contributed by atoms with Gasteiger partial charge in [0.2, 0.25) is 5.13 Å². The number of amides is 1. The normalized spacial score (nSPS) is 10.6. The van der Waals surface area contributed by atoms with Gasteiger partial charge in [-0.1, -0.05) is 29.9 Å². The number of carbonyl (C=O) groups excluding carboxylic acids is 1. The Kier molecular flexibility index (Phi) is 4.67. The summed E-state index contributed by atoms with van der Waals surface area (Å²) in [6.45, 7) is 1.96. The predicted molar refractivity (Wildman–Crippen MR) is 88.0 cm³/mol. The van der Waals surface area contributed by atoms with Gasteiger partial charge in [-0.15, -0.1) is 15.3 Å². The molecule has 1 amide bonds. The number of hydrogen-bond donors (Lipinski definition) is 1. The van der Waals surface area contributed by atoms with Crippen LogP contribution in [0.2, 0.25) is 5.02 Å². The third-order valence-corrected chi connectivity index (χ3v) is 4.38. The minimum absolute atomic E-state index is 0.271. The molecule has 0 aliphatic carbocycles. The molecule has 0 fully saturated rings. The first-order chi connectivity index (χ1) is 11.6. The van der Waals surface area contributed by atoms with Crippen molar-refractivity contribution in [2.24, 2.45) is 0 Å². The zero-order chi connectivity index (χ0) is 17.1. The number of ether oxygens (including phenoxy) is 1. The van der Waals surface area contributed by atoms with Crippen molar-refractivity contribution in [2.45, 2.75) is 13.3 Å². The van der Waals surface area contributed by atoms with Crippen LogP contribution in [0.25, 0.3) is 5.69 Å². The van der Waals surface area contributed by atoms with Crippen molar-refractivity contribution in [3.8, 4) is 11.4 Å². The molecule has 0 unspecified atom stereocenters. The Bertz CT molecular complexity index is 865. The fourth-order valence-corrected chi connectivity index (χ4v) is 2.87. The Morgan fingerprint density at radius 1 is 1.42 bits per heavy atom. The lowest BCUT2D eigenvalue weighted by atomic mass is 10.1. The number of aromatic nitrogens is 6. The van der Waals surface area contributed by atoms with Gasteiger partial charge in [-0.3, -0.25) is 10.1 Å². The minimum Gasteiger partial charge on any atom is -0.496 e. The van der Waals surface area contributed by atoms with E-state index in [1.165, 1.54) is 35.5 Å². The van der Waals surface area contributed by atoms with Crippen molar-refractivity contribution in [3.63, 3.8) is 0 Å². The number of aryl methyl sites for hydroxylation is 1. The van der Waals surface area contributed by atoms with Crippen molar-refractivity contribution in [3.05, 3.63) is 34.1 Å². The van der Waals surface area contributed by atoms with E-state index in [0.717, 1.165) is 11.4 Å². The summed E-state index contributed by atoms with van der Waals surface area (Å²) in [5, 5.41) is 23.0. The number of benzene rings is 1. The highest BCUT2D eigenvalue weighted by Gasteiger charge is 2.18. The summed E-state index contributed by atoms with van der Waals surface area (Å²) in [7, 11) is 1.46. The number of nitrogens with zero attached hydrogens (tertiary/aromatic N) is 6. The molecule has 11 heteroatoms. The molecule has 1 aromatic carbocycles. The molecular formula is C13H12ClN7O2S. The average Bonchev–Trinajstić information content (AvgIpc) is 3.26. The van der Waals surface area contributed by atoms with E-state index in [-0.39, 0.29) is 5.56 Å². The van der Waals surface area contributed by atoms with E-state index in [0.29, 0.717) is 21.6 Å². The number of methoxy groups -OCH3 is 1. The van der Waals surface area contributed by atoms with Crippen LogP contribution in [0.15, 0.2) is 18.5 Å². The van der Waals surface area contributed by atoms with Crippen LogP contribution < -0.4 is 10.1 Å². The molecule has 3 aromatic rings. The molecular weight excluding hydrogens is 354 g/mol. The van der Waals surface area contributed by atoms with Gasteiger partial charge in [0.05, 0.1) is 23.4 Å². The number of rotatable bonds is 5. The van der Waals surface area contributed by atoms with Crippen LogP contribution in [0, 0.1) is 0 Å². The van der Waals surface area contributed by atoms with E-state index >= 15 is 0 Å². The zero-order valence-electron chi connectivity index (χ0n) is 12.7. The summed E-state index contributed by atoms with van der Waals surface area (Å²) in [6, 6.07) is 3.08. The Balaban J connectivity index is 1.92. The second-order valence-corrected chi connectivity index (χ2v) is 6.04. The van der Waals surface area contributed by atoms with E-state index in [1.807, 2.05) is 6.92 Å². The number of halogens is 1. The van der Waals surface area contributed by atoms with Gasteiger partial charge >= 0.3 is 0 Å². The second-order valence-electron chi connectivity index (χ2n) is 4.57. The van der Waals surface area contributed by atoms with Crippen molar-refractivity contribution in [1.29, 1.82) is 0 Å². The largest absolute Gasteiger partial charge is 0.496 e. The fourth-order valence-electron chi connectivity index (χ4n) is 1.95. The van der Waals surface area contributed by atoms with Gasteiger partial charge in [-0.05, 0) is 22.9 Å². The molecule has 2 heterocycles. The first-order valence-electron chi connectivity index (χ1n) is 6.87. The second kappa shape index (κ2) is 6.89. The SMILES string of the molecule is CCc1nnc(NC(=O)c2cc(Cl)c(-n3cnnn3)cc2OC)s1. The number of nitrogens with one attached hydrogen (secondary N) is 1. The van der Waals surface area contributed by atoms with Gasteiger partial charge in [0.25, 0.3) is 5.91 Å².